The van der Waals surface area contributed by atoms with Crippen LogP contribution in [0.25, 0.3) is 0 Å². The van der Waals surface area contributed by atoms with Crippen molar-refractivity contribution in [3.63, 3.8) is 0 Å². The number of nitrogens with zero attached hydrogens (tertiary/aromatic N) is 2. The second-order valence-electron chi connectivity index (χ2n) is 2.14. The summed E-state index contributed by atoms with van der Waals surface area (Å²) >= 11 is 0. The van der Waals surface area contributed by atoms with Crippen molar-refractivity contribution < 1.29 is 9.72 Å². The smallest absolute Gasteiger partial charge is 0.287 e. The zero-order valence-corrected chi connectivity index (χ0v) is 6.14. The van der Waals surface area contributed by atoms with Crippen molar-refractivity contribution in [2.24, 2.45) is 0 Å². The molecule has 62 valence electrons. The summed E-state index contributed by atoms with van der Waals surface area (Å²) in [5, 5.41) is 10.2. The van der Waals surface area contributed by atoms with Crippen molar-refractivity contribution in [1.29, 1.82) is 0 Å². The maximum Gasteiger partial charge on any atom is 0.287 e. The van der Waals surface area contributed by atoms with Gasteiger partial charge in [0, 0.05) is 18.2 Å². The first-order valence-electron chi connectivity index (χ1n) is 3.27. The first kappa shape index (κ1) is 8.32. The molecule has 5 heteroatoms. The highest BCUT2D eigenvalue weighted by atomic mass is 16.6. The fraction of sp³-hybridized carbons (Fsp3) is 0.143. The molecule has 0 N–H and O–H groups in total. The summed E-state index contributed by atoms with van der Waals surface area (Å²) < 4.78 is 0. The van der Waals surface area contributed by atoms with Gasteiger partial charge in [0.2, 0.25) is 0 Å². The van der Waals surface area contributed by atoms with Gasteiger partial charge in [0.05, 0.1) is 4.92 Å². The van der Waals surface area contributed by atoms with Gasteiger partial charge >= 0.3 is 0 Å². The van der Waals surface area contributed by atoms with E-state index in [-0.39, 0.29) is 12.1 Å². The quantitative estimate of drug-likeness (QED) is 0.377. The van der Waals surface area contributed by atoms with E-state index in [2.05, 4.69) is 4.98 Å². The minimum Gasteiger partial charge on any atom is -0.303 e. The van der Waals surface area contributed by atoms with E-state index in [0.29, 0.717) is 12.0 Å². The zero-order chi connectivity index (χ0) is 8.97. The van der Waals surface area contributed by atoms with Crippen molar-refractivity contribution in [1.82, 2.24) is 4.98 Å². The molecule has 0 aromatic carbocycles. The SMILES string of the molecule is O=CCc1ccc([N+](=O)[O-])cn1. The van der Waals surface area contributed by atoms with Gasteiger partial charge in [-0.15, -0.1) is 0 Å². The third-order valence-electron chi connectivity index (χ3n) is 1.31. The van der Waals surface area contributed by atoms with E-state index in [1.165, 1.54) is 12.1 Å². The van der Waals surface area contributed by atoms with E-state index in [0.717, 1.165) is 6.20 Å². The fourth-order valence-electron chi connectivity index (χ4n) is 0.731. The Morgan fingerprint density at radius 2 is 2.33 bits per heavy atom. The van der Waals surface area contributed by atoms with Gasteiger partial charge in [0.25, 0.3) is 5.69 Å². The summed E-state index contributed by atoms with van der Waals surface area (Å²) in [5.74, 6) is 0. The molecule has 0 radical (unpaired) electrons. The number of carbonyl (C=O) groups is 1. The molecule has 0 atom stereocenters. The molecule has 1 aromatic rings. The number of hydrogen-bond acceptors (Lipinski definition) is 4. The predicted molar refractivity (Wildman–Crippen MR) is 40.7 cm³/mol. The Labute approximate surface area is 68.2 Å². The number of aldehydes is 1. The Kier molecular flexibility index (Phi) is 2.47. The lowest BCUT2D eigenvalue weighted by atomic mass is 10.3. The third-order valence-corrected chi connectivity index (χ3v) is 1.31. The Balaban J connectivity index is 2.85. The second-order valence-corrected chi connectivity index (χ2v) is 2.14. The molecule has 1 heterocycles. The van der Waals surface area contributed by atoms with Crippen molar-refractivity contribution >= 4 is 12.0 Å². The standard InChI is InChI=1S/C7H6N2O3/c10-4-3-6-1-2-7(5-8-6)9(11)12/h1-2,4-5H,3H2. The van der Waals surface area contributed by atoms with Crippen LogP contribution < -0.4 is 0 Å². The number of carbonyl (C=O) groups excluding carboxylic acids is 1. The molecule has 0 aliphatic carbocycles. The molecule has 0 unspecified atom stereocenters. The van der Waals surface area contributed by atoms with Crippen LogP contribution in [0.3, 0.4) is 0 Å². The van der Waals surface area contributed by atoms with Gasteiger partial charge in [-0.25, -0.2) is 0 Å². The normalized spacial score (nSPS) is 9.33. The van der Waals surface area contributed by atoms with E-state index in [4.69, 9.17) is 0 Å². The molecule has 0 bridgehead atoms. The van der Waals surface area contributed by atoms with Crippen LogP contribution in [0.1, 0.15) is 5.69 Å². The van der Waals surface area contributed by atoms with E-state index >= 15 is 0 Å². The summed E-state index contributed by atoms with van der Waals surface area (Å²) in [6, 6.07) is 2.79. The first-order chi connectivity index (χ1) is 5.74. The average Bonchev–Trinajstić information content (AvgIpc) is 2.06. The Morgan fingerprint density at radius 1 is 1.58 bits per heavy atom. The van der Waals surface area contributed by atoms with Crippen LogP contribution >= 0.6 is 0 Å². The zero-order valence-electron chi connectivity index (χ0n) is 6.14. The van der Waals surface area contributed by atoms with Gasteiger partial charge in [-0.2, -0.15) is 0 Å². The largest absolute Gasteiger partial charge is 0.303 e. The van der Waals surface area contributed by atoms with Crippen LogP contribution in [0.15, 0.2) is 18.3 Å². The molecule has 0 saturated carbocycles. The maximum absolute atomic E-state index is 10.2. The molecule has 5 nitrogen and oxygen atoms in total. The molecule has 1 rings (SSSR count). The number of nitro groups is 1. The van der Waals surface area contributed by atoms with Gasteiger partial charge in [-0.1, -0.05) is 0 Å². The van der Waals surface area contributed by atoms with Gasteiger partial charge in [-0.05, 0) is 6.07 Å². The molecule has 0 aliphatic rings. The Morgan fingerprint density at radius 3 is 2.75 bits per heavy atom. The summed E-state index contributed by atoms with van der Waals surface area (Å²) in [7, 11) is 0. The van der Waals surface area contributed by atoms with Gasteiger partial charge in [0.1, 0.15) is 12.5 Å². The molecule has 0 aliphatic heterocycles. The van der Waals surface area contributed by atoms with Crippen molar-refractivity contribution in [2.45, 2.75) is 6.42 Å². The van der Waals surface area contributed by atoms with Crippen LogP contribution in [0.5, 0.6) is 0 Å². The lowest BCUT2D eigenvalue weighted by molar-refractivity contribution is -0.385. The van der Waals surface area contributed by atoms with E-state index in [1.807, 2.05) is 0 Å². The number of hydrogen-bond donors (Lipinski definition) is 0. The van der Waals surface area contributed by atoms with Crippen LogP contribution in [-0.2, 0) is 11.2 Å². The van der Waals surface area contributed by atoms with Crippen LogP contribution in [-0.4, -0.2) is 16.2 Å². The van der Waals surface area contributed by atoms with Gasteiger partial charge in [-0.3, -0.25) is 15.1 Å². The summed E-state index contributed by atoms with van der Waals surface area (Å²) in [5.41, 5.74) is 0.472. The highest BCUT2D eigenvalue weighted by Crippen LogP contribution is 2.08. The van der Waals surface area contributed by atoms with E-state index < -0.39 is 4.92 Å². The summed E-state index contributed by atoms with van der Waals surface area (Å²) in [6.45, 7) is 0. The predicted octanol–water partition coefficient (Wildman–Crippen LogP) is 0.731. The monoisotopic (exact) mass is 166 g/mol. The molecule has 0 saturated heterocycles. The maximum atomic E-state index is 10.2. The Bertz CT molecular complexity index is 294. The molecule has 0 spiro atoms. The minimum absolute atomic E-state index is 0.0651. The molecule has 0 fully saturated rings. The lowest BCUT2D eigenvalue weighted by Gasteiger charge is -1.92. The lowest BCUT2D eigenvalue weighted by Crippen LogP contribution is -1.93. The Hall–Kier alpha value is -1.78. The topological polar surface area (TPSA) is 73.1 Å². The van der Waals surface area contributed by atoms with Crippen molar-refractivity contribution in [3.8, 4) is 0 Å². The highest BCUT2D eigenvalue weighted by Gasteiger charge is 2.03. The highest BCUT2D eigenvalue weighted by molar-refractivity contribution is 5.53. The molecular weight excluding hydrogens is 160 g/mol. The third kappa shape index (κ3) is 1.85. The van der Waals surface area contributed by atoms with Crippen molar-refractivity contribution in [3.05, 3.63) is 34.1 Å². The molecule has 0 amide bonds. The number of aromatic nitrogens is 1. The van der Waals surface area contributed by atoms with Crippen molar-refractivity contribution in [2.75, 3.05) is 0 Å². The fourth-order valence-corrected chi connectivity index (χ4v) is 0.731. The van der Waals surface area contributed by atoms with Crippen LogP contribution in [0, 0.1) is 10.1 Å². The van der Waals surface area contributed by atoms with Crippen LogP contribution in [0.4, 0.5) is 5.69 Å². The van der Waals surface area contributed by atoms with Gasteiger partial charge in [0.15, 0.2) is 0 Å². The average molecular weight is 166 g/mol. The van der Waals surface area contributed by atoms with Crippen LogP contribution in [0.2, 0.25) is 0 Å². The van der Waals surface area contributed by atoms with E-state index in [1.54, 1.807) is 0 Å². The molecular formula is C7H6N2O3. The second kappa shape index (κ2) is 3.56. The van der Waals surface area contributed by atoms with E-state index in [9.17, 15) is 14.9 Å². The number of rotatable bonds is 3. The molecule has 1 aromatic heterocycles. The first-order valence-corrected chi connectivity index (χ1v) is 3.27. The summed E-state index contributed by atoms with van der Waals surface area (Å²) in [4.78, 5) is 23.4. The number of pyridine rings is 1. The van der Waals surface area contributed by atoms with Gasteiger partial charge < -0.3 is 4.79 Å². The summed E-state index contributed by atoms with van der Waals surface area (Å²) in [6.07, 6.45) is 2.03. The minimum atomic E-state index is -0.530. The molecule has 12 heavy (non-hydrogen) atoms.